The van der Waals surface area contributed by atoms with Crippen molar-refractivity contribution in [2.45, 2.75) is 18.6 Å². The zero-order chi connectivity index (χ0) is 9.10. The van der Waals surface area contributed by atoms with Gasteiger partial charge < -0.3 is 9.84 Å². The van der Waals surface area contributed by atoms with E-state index in [4.69, 9.17) is 4.74 Å². The fourth-order valence-corrected chi connectivity index (χ4v) is 1.47. The van der Waals surface area contributed by atoms with E-state index in [0.29, 0.717) is 6.42 Å². The first kappa shape index (κ1) is 8.32. The molecule has 0 radical (unpaired) electrons. The van der Waals surface area contributed by atoms with Crippen LogP contribution in [0.2, 0.25) is 0 Å². The van der Waals surface area contributed by atoms with Crippen LogP contribution in [0.1, 0.15) is 18.1 Å². The largest absolute Gasteiger partial charge is 0.493 e. The molecule has 1 N–H and O–H groups in total. The molecule has 0 spiro atoms. The number of aliphatic hydroxyl groups is 1. The van der Waals surface area contributed by atoms with Crippen LogP contribution in [0.15, 0.2) is 42.7 Å². The molecule has 1 aliphatic heterocycles. The predicted molar refractivity (Wildman–Crippen MR) is 50.0 cm³/mol. The quantitative estimate of drug-likeness (QED) is 0.709. The minimum atomic E-state index is -0.376. The molecule has 68 valence electrons. The summed E-state index contributed by atoms with van der Waals surface area (Å²) < 4.78 is 5.39. The zero-order valence-electron chi connectivity index (χ0n) is 7.26. The van der Waals surface area contributed by atoms with Crippen LogP contribution in [-0.2, 0) is 4.74 Å². The van der Waals surface area contributed by atoms with Crippen LogP contribution in [0, 0.1) is 0 Å². The molecule has 2 nitrogen and oxygen atoms in total. The van der Waals surface area contributed by atoms with Gasteiger partial charge in [0.05, 0.1) is 12.4 Å². The lowest BCUT2D eigenvalue weighted by molar-refractivity contribution is 0.0641. The minimum absolute atomic E-state index is 0.00111. The number of hydrogen-bond donors (Lipinski definition) is 1. The molecule has 1 aromatic rings. The Balaban J connectivity index is 2.15. The first-order chi connectivity index (χ1) is 6.36. The first-order valence-electron chi connectivity index (χ1n) is 4.41. The van der Waals surface area contributed by atoms with E-state index in [1.165, 1.54) is 0 Å². The Labute approximate surface area is 77.5 Å². The van der Waals surface area contributed by atoms with Gasteiger partial charge in [-0.15, -0.1) is 0 Å². The summed E-state index contributed by atoms with van der Waals surface area (Å²) in [5.74, 6) is 0. The lowest BCUT2D eigenvalue weighted by Gasteiger charge is -2.22. The summed E-state index contributed by atoms with van der Waals surface area (Å²) in [4.78, 5) is 0. The molecule has 0 fully saturated rings. The van der Waals surface area contributed by atoms with Gasteiger partial charge in [-0.2, -0.15) is 0 Å². The number of hydrogen-bond acceptors (Lipinski definition) is 2. The average molecular weight is 176 g/mol. The molecule has 1 aliphatic rings. The predicted octanol–water partition coefficient (Wildman–Crippen LogP) is 2.02. The van der Waals surface area contributed by atoms with E-state index in [1.54, 1.807) is 12.3 Å². The van der Waals surface area contributed by atoms with Gasteiger partial charge in [0.2, 0.25) is 0 Å². The number of rotatable bonds is 1. The summed E-state index contributed by atoms with van der Waals surface area (Å²) in [6.45, 7) is 0. The van der Waals surface area contributed by atoms with Gasteiger partial charge in [0.15, 0.2) is 0 Å². The van der Waals surface area contributed by atoms with Crippen molar-refractivity contribution in [3.8, 4) is 0 Å². The maximum absolute atomic E-state index is 9.37. The molecule has 0 saturated carbocycles. The molecule has 13 heavy (non-hydrogen) atoms. The summed E-state index contributed by atoms with van der Waals surface area (Å²) in [5.41, 5.74) is 1.12. The van der Waals surface area contributed by atoms with Crippen molar-refractivity contribution in [1.82, 2.24) is 0 Å². The summed E-state index contributed by atoms with van der Waals surface area (Å²) in [7, 11) is 0. The molecule has 1 heterocycles. The second-order valence-corrected chi connectivity index (χ2v) is 3.17. The fourth-order valence-electron chi connectivity index (χ4n) is 1.47. The van der Waals surface area contributed by atoms with Gasteiger partial charge in [-0.1, -0.05) is 30.3 Å². The van der Waals surface area contributed by atoms with Crippen molar-refractivity contribution >= 4 is 0 Å². The van der Waals surface area contributed by atoms with E-state index in [1.807, 2.05) is 30.3 Å². The minimum Gasteiger partial charge on any atom is -0.493 e. The number of benzene rings is 1. The van der Waals surface area contributed by atoms with Crippen LogP contribution in [0.3, 0.4) is 0 Å². The first-order valence-corrected chi connectivity index (χ1v) is 4.41. The highest BCUT2D eigenvalue weighted by atomic mass is 16.5. The van der Waals surface area contributed by atoms with E-state index in [9.17, 15) is 5.11 Å². The van der Waals surface area contributed by atoms with Crippen LogP contribution in [-0.4, -0.2) is 11.2 Å². The van der Waals surface area contributed by atoms with Crippen molar-refractivity contribution in [2.75, 3.05) is 0 Å². The van der Waals surface area contributed by atoms with E-state index in [2.05, 4.69) is 0 Å². The molecule has 2 heteroatoms. The van der Waals surface area contributed by atoms with Crippen LogP contribution >= 0.6 is 0 Å². The van der Waals surface area contributed by atoms with Gasteiger partial charge in [-0.25, -0.2) is 0 Å². The van der Waals surface area contributed by atoms with E-state index in [0.717, 1.165) is 5.56 Å². The second kappa shape index (κ2) is 3.62. The Morgan fingerprint density at radius 1 is 1.23 bits per heavy atom. The molecule has 0 saturated heterocycles. The Hall–Kier alpha value is -1.28. The van der Waals surface area contributed by atoms with Crippen LogP contribution in [0.4, 0.5) is 0 Å². The molecule has 1 unspecified atom stereocenters. The van der Waals surface area contributed by atoms with Crippen molar-refractivity contribution in [2.24, 2.45) is 0 Å². The summed E-state index contributed by atoms with van der Waals surface area (Å²) >= 11 is 0. The molecule has 0 aromatic heterocycles. The van der Waals surface area contributed by atoms with Gasteiger partial charge in [0.1, 0.15) is 6.10 Å². The molecule has 0 aliphatic carbocycles. The SMILES string of the molecule is OC1C=CO[C@@H](c2ccccc2)C1. The van der Waals surface area contributed by atoms with Gasteiger partial charge in [-0.3, -0.25) is 0 Å². The highest BCUT2D eigenvalue weighted by Gasteiger charge is 2.18. The normalized spacial score (nSPS) is 26.8. The highest BCUT2D eigenvalue weighted by molar-refractivity contribution is 5.19. The molecule has 0 amide bonds. The van der Waals surface area contributed by atoms with Crippen molar-refractivity contribution in [3.05, 3.63) is 48.2 Å². The third kappa shape index (κ3) is 1.90. The summed E-state index contributed by atoms with van der Waals surface area (Å²) in [6.07, 6.45) is 3.51. The standard InChI is InChI=1S/C11H12O2/c12-10-6-7-13-11(8-10)9-4-2-1-3-5-9/h1-7,10-12H,8H2/t10?,11-/m1/s1. The van der Waals surface area contributed by atoms with Crippen molar-refractivity contribution in [3.63, 3.8) is 0 Å². The third-order valence-corrected chi connectivity index (χ3v) is 2.17. The molecule has 1 aromatic carbocycles. The van der Waals surface area contributed by atoms with Gasteiger partial charge >= 0.3 is 0 Å². The lowest BCUT2D eigenvalue weighted by atomic mass is 10.0. The maximum Gasteiger partial charge on any atom is 0.126 e. The summed E-state index contributed by atoms with van der Waals surface area (Å²) in [5, 5.41) is 9.37. The fraction of sp³-hybridized carbons (Fsp3) is 0.273. The van der Waals surface area contributed by atoms with E-state index < -0.39 is 0 Å². The average Bonchev–Trinajstić information content (AvgIpc) is 2.19. The smallest absolute Gasteiger partial charge is 0.126 e. The Morgan fingerprint density at radius 2 is 2.00 bits per heavy atom. The molecule has 2 atom stereocenters. The Kier molecular flexibility index (Phi) is 2.32. The second-order valence-electron chi connectivity index (χ2n) is 3.17. The third-order valence-electron chi connectivity index (χ3n) is 2.17. The lowest BCUT2D eigenvalue weighted by Crippen LogP contribution is -2.15. The number of aliphatic hydroxyl groups excluding tert-OH is 1. The van der Waals surface area contributed by atoms with E-state index in [-0.39, 0.29) is 12.2 Å². The zero-order valence-corrected chi connectivity index (χ0v) is 7.26. The molecule has 2 rings (SSSR count). The van der Waals surface area contributed by atoms with Gasteiger partial charge in [-0.05, 0) is 11.6 Å². The highest BCUT2D eigenvalue weighted by Crippen LogP contribution is 2.26. The Morgan fingerprint density at radius 3 is 2.69 bits per heavy atom. The Bertz CT molecular complexity index is 292. The van der Waals surface area contributed by atoms with Gasteiger partial charge in [0.25, 0.3) is 0 Å². The number of ether oxygens (including phenoxy) is 1. The molecular weight excluding hydrogens is 164 g/mol. The topological polar surface area (TPSA) is 29.5 Å². The van der Waals surface area contributed by atoms with Crippen LogP contribution in [0.5, 0.6) is 0 Å². The van der Waals surface area contributed by atoms with Crippen molar-refractivity contribution in [1.29, 1.82) is 0 Å². The summed E-state index contributed by atoms with van der Waals surface area (Å²) in [6, 6.07) is 9.94. The molecule has 0 bridgehead atoms. The van der Waals surface area contributed by atoms with E-state index >= 15 is 0 Å². The molecular formula is C11H12O2. The van der Waals surface area contributed by atoms with Crippen LogP contribution < -0.4 is 0 Å². The van der Waals surface area contributed by atoms with Crippen LogP contribution in [0.25, 0.3) is 0 Å². The van der Waals surface area contributed by atoms with Crippen molar-refractivity contribution < 1.29 is 9.84 Å². The maximum atomic E-state index is 9.37. The van der Waals surface area contributed by atoms with Gasteiger partial charge in [0, 0.05) is 6.42 Å². The monoisotopic (exact) mass is 176 g/mol.